The summed E-state index contributed by atoms with van der Waals surface area (Å²) in [4.78, 5) is 14.3. The van der Waals surface area contributed by atoms with Crippen molar-refractivity contribution in [2.24, 2.45) is 5.10 Å². The van der Waals surface area contributed by atoms with E-state index in [1.54, 1.807) is 18.3 Å². The van der Waals surface area contributed by atoms with Crippen molar-refractivity contribution >= 4 is 40.4 Å². The molecule has 1 heterocycles. The second-order valence-corrected chi connectivity index (χ2v) is 8.10. The molecule has 0 spiro atoms. The molecule has 2 aromatic carbocycles. The number of hydrazone groups is 1. The number of hydrogen-bond donors (Lipinski definition) is 2. The monoisotopic (exact) mass is 502 g/mol. The van der Waals surface area contributed by atoms with Gasteiger partial charge in [-0.1, -0.05) is 0 Å². The summed E-state index contributed by atoms with van der Waals surface area (Å²) in [5.41, 5.74) is 8.11. The van der Waals surface area contributed by atoms with Crippen LogP contribution in [-0.2, 0) is 0 Å². The Hall–Kier alpha value is -2.81. The minimum absolute atomic E-state index is 0.0751. The lowest BCUT2D eigenvalue weighted by atomic mass is 10.2. The first kappa shape index (κ1) is 20.9. The lowest BCUT2D eigenvalue weighted by Gasteiger charge is -2.14. The number of anilines is 1. The average molecular weight is 502 g/mol. The highest BCUT2D eigenvalue weighted by Crippen LogP contribution is 2.22. The number of rotatable bonds is 5. The van der Waals surface area contributed by atoms with E-state index < -0.39 is 0 Å². The van der Waals surface area contributed by atoms with E-state index in [4.69, 9.17) is 0 Å². The topological polar surface area (TPSA) is 69.9 Å². The number of carbonyl (C=O) groups is 1. The molecule has 1 aromatic heterocycles. The van der Waals surface area contributed by atoms with Crippen LogP contribution in [0.2, 0.25) is 0 Å². The van der Waals surface area contributed by atoms with Gasteiger partial charge >= 0.3 is 0 Å². The lowest BCUT2D eigenvalue weighted by molar-refractivity contribution is 0.0954. The zero-order valence-corrected chi connectivity index (χ0v) is 18.9. The van der Waals surface area contributed by atoms with E-state index in [0.29, 0.717) is 9.13 Å². The Balaban J connectivity index is 1.77. The maximum atomic E-state index is 12.2. The average Bonchev–Trinajstić information content (AvgIpc) is 2.97. The molecule has 0 unspecified atom stereocenters. The smallest absolute Gasteiger partial charge is 0.271 e. The molecule has 7 heteroatoms. The van der Waals surface area contributed by atoms with Gasteiger partial charge in [0.15, 0.2) is 0 Å². The van der Waals surface area contributed by atoms with Gasteiger partial charge in [0, 0.05) is 48.0 Å². The van der Waals surface area contributed by atoms with Gasteiger partial charge in [0.1, 0.15) is 5.75 Å². The molecule has 3 aromatic rings. The predicted octanol–water partition coefficient (Wildman–Crippen LogP) is 4.23. The second-order valence-electron chi connectivity index (χ2n) is 6.94. The fourth-order valence-electron chi connectivity index (χ4n) is 3.09. The number of hydrogen-bond acceptors (Lipinski definition) is 4. The quantitative estimate of drug-likeness (QED) is 0.312. The molecule has 0 bridgehead atoms. The largest absolute Gasteiger partial charge is 0.507 e. The van der Waals surface area contributed by atoms with Crippen LogP contribution >= 0.6 is 22.6 Å². The number of nitrogens with zero attached hydrogens (tertiary/aromatic N) is 3. The summed E-state index contributed by atoms with van der Waals surface area (Å²) in [5, 5.41) is 13.8. The fraction of sp³-hybridized carbons (Fsp3) is 0.182. The van der Waals surface area contributed by atoms with E-state index in [1.807, 2.05) is 56.6 Å². The van der Waals surface area contributed by atoms with Crippen molar-refractivity contribution in [3.63, 3.8) is 0 Å². The van der Waals surface area contributed by atoms with Crippen LogP contribution in [0.15, 0.2) is 53.6 Å². The minimum atomic E-state index is -0.374. The molecule has 0 aliphatic rings. The Morgan fingerprint density at radius 2 is 1.83 bits per heavy atom. The van der Waals surface area contributed by atoms with Crippen LogP contribution in [0.3, 0.4) is 0 Å². The number of halogens is 1. The first-order valence-corrected chi connectivity index (χ1v) is 10.1. The number of phenols is 1. The Morgan fingerprint density at radius 1 is 1.14 bits per heavy atom. The molecule has 150 valence electrons. The third-order valence-corrected chi connectivity index (χ3v) is 5.58. The van der Waals surface area contributed by atoms with Crippen molar-refractivity contribution < 1.29 is 9.90 Å². The predicted molar refractivity (Wildman–Crippen MR) is 125 cm³/mol. The van der Waals surface area contributed by atoms with E-state index in [1.165, 1.54) is 6.07 Å². The van der Waals surface area contributed by atoms with Gasteiger partial charge in [-0.3, -0.25) is 4.79 Å². The number of aromatic nitrogens is 1. The van der Waals surface area contributed by atoms with E-state index in [9.17, 15) is 9.90 Å². The van der Waals surface area contributed by atoms with Gasteiger partial charge in [-0.2, -0.15) is 5.10 Å². The van der Waals surface area contributed by atoms with Gasteiger partial charge in [-0.05, 0) is 85.0 Å². The highest BCUT2D eigenvalue weighted by atomic mass is 127. The number of amides is 1. The van der Waals surface area contributed by atoms with Gasteiger partial charge in [-0.25, -0.2) is 5.43 Å². The number of nitrogens with one attached hydrogen (secondary N) is 1. The van der Waals surface area contributed by atoms with Crippen molar-refractivity contribution in [1.82, 2.24) is 9.99 Å². The number of aromatic hydroxyl groups is 1. The maximum Gasteiger partial charge on any atom is 0.271 e. The molecule has 0 atom stereocenters. The molecule has 0 fully saturated rings. The van der Waals surface area contributed by atoms with Gasteiger partial charge < -0.3 is 14.6 Å². The summed E-state index contributed by atoms with van der Waals surface area (Å²) in [5.74, 6) is -0.299. The number of aryl methyl sites for hydroxylation is 1. The van der Waals surface area contributed by atoms with Crippen LogP contribution in [0.1, 0.15) is 27.3 Å². The van der Waals surface area contributed by atoms with Crippen molar-refractivity contribution in [2.45, 2.75) is 13.8 Å². The van der Waals surface area contributed by atoms with E-state index in [2.05, 4.69) is 44.3 Å². The standard InChI is InChI=1S/C22H23IN4O2/c1-14-11-17(13-24-25-22(29)16-5-10-20(23)21(28)12-16)15(2)27(14)19-8-6-18(7-9-19)26(3)4/h5-13,28H,1-4H3,(H,25,29)/b24-13+. The molecule has 29 heavy (non-hydrogen) atoms. The lowest BCUT2D eigenvalue weighted by Crippen LogP contribution is -2.17. The summed E-state index contributed by atoms with van der Waals surface area (Å²) in [7, 11) is 4.03. The van der Waals surface area contributed by atoms with Crippen molar-refractivity contribution in [3.05, 3.63) is 74.6 Å². The van der Waals surface area contributed by atoms with Crippen LogP contribution < -0.4 is 10.3 Å². The first-order chi connectivity index (χ1) is 13.8. The summed E-state index contributed by atoms with van der Waals surface area (Å²) in [6.45, 7) is 4.06. The summed E-state index contributed by atoms with van der Waals surface area (Å²) >= 11 is 2.00. The second kappa shape index (κ2) is 8.69. The van der Waals surface area contributed by atoms with Gasteiger partial charge in [0.05, 0.1) is 9.78 Å². The van der Waals surface area contributed by atoms with Crippen molar-refractivity contribution in [1.29, 1.82) is 0 Å². The molecule has 3 rings (SSSR count). The Labute approximate surface area is 184 Å². The Kier molecular flexibility index (Phi) is 6.26. The molecule has 2 N–H and O–H groups in total. The third-order valence-electron chi connectivity index (χ3n) is 4.67. The Morgan fingerprint density at radius 3 is 2.45 bits per heavy atom. The SMILES string of the molecule is Cc1cc(/C=N/NC(=O)c2ccc(I)c(O)c2)c(C)n1-c1ccc(N(C)C)cc1. The third kappa shape index (κ3) is 4.61. The fourth-order valence-corrected chi connectivity index (χ4v) is 3.43. The Bertz CT molecular complexity index is 1070. The first-order valence-electron chi connectivity index (χ1n) is 9.06. The van der Waals surface area contributed by atoms with Crippen molar-refractivity contribution in [3.8, 4) is 11.4 Å². The van der Waals surface area contributed by atoms with Gasteiger partial charge in [0.25, 0.3) is 5.91 Å². The molecule has 0 saturated heterocycles. The zero-order chi connectivity index (χ0) is 21.1. The van der Waals surface area contributed by atoms with Crippen LogP contribution in [0.25, 0.3) is 5.69 Å². The van der Waals surface area contributed by atoms with Crippen LogP contribution in [-0.4, -0.2) is 35.9 Å². The van der Waals surface area contributed by atoms with Crippen LogP contribution in [0.5, 0.6) is 5.75 Å². The van der Waals surface area contributed by atoms with E-state index in [-0.39, 0.29) is 11.7 Å². The molecule has 0 aliphatic heterocycles. The summed E-state index contributed by atoms with van der Waals surface area (Å²) in [6, 6.07) is 15.1. The van der Waals surface area contributed by atoms with Crippen LogP contribution in [0.4, 0.5) is 5.69 Å². The normalized spacial score (nSPS) is 11.1. The highest BCUT2D eigenvalue weighted by Gasteiger charge is 2.11. The summed E-state index contributed by atoms with van der Waals surface area (Å²) < 4.78 is 2.84. The van der Waals surface area contributed by atoms with Crippen LogP contribution in [0, 0.1) is 17.4 Å². The molecule has 0 saturated carbocycles. The van der Waals surface area contributed by atoms with Crippen molar-refractivity contribution in [2.75, 3.05) is 19.0 Å². The highest BCUT2D eigenvalue weighted by molar-refractivity contribution is 14.1. The molecular weight excluding hydrogens is 479 g/mol. The molecule has 0 radical (unpaired) electrons. The number of phenolic OH excluding ortho intramolecular Hbond substituents is 1. The van der Waals surface area contributed by atoms with Gasteiger partial charge in [0.2, 0.25) is 0 Å². The molecule has 6 nitrogen and oxygen atoms in total. The molecule has 0 aliphatic carbocycles. The van der Waals surface area contributed by atoms with E-state index >= 15 is 0 Å². The molecular formula is C22H23IN4O2. The number of carbonyl (C=O) groups excluding carboxylic acids is 1. The maximum absolute atomic E-state index is 12.2. The van der Waals surface area contributed by atoms with Gasteiger partial charge in [-0.15, -0.1) is 0 Å². The molecule has 1 amide bonds. The van der Waals surface area contributed by atoms with E-state index in [0.717, 1.165) is 28.3 Å². The minimum Gasteiger partial charge on any atom is -0.507 e. The summed E-state index contributed by atoms with van der Waals surface area (Å²) in [6.07, 6.45) is 1.64. The number of benzene rings is 2. The zero-order valence-electron chi connectivity index (χ0n) is 16.8.